The molecular weight excluding hydrogens is 410 g/mol. The molecule has 5 N–H and O–H groups in total. The first kappa shape index (κ1) is 20.7. The average molecular weight is 433 g/mol. The number of aliphatic hydroxyl groups excluding tert-OH is 2. The number of nitrogens with zero attached hydrogens (tertiary/aromatic N) is 4. The highest BCUT2D eigenvalue weighted by atomic mass is 32.1. The molecule has 1 saturated heterocycles. The van der Waals surface area contributed by atoms with Crippen molar-refractivity contribution in [1.29, 1.82) is 0 Å². The first-order valence-electron chi connectivity index (χ1n) is 9.26. The Labute approximate surface area is 176 Å². The molecule has 1 aliphatic heterocycles. The Kier molecular flexibility index (Phi) is 5.03. The van der Waals surface area contributed by atoms with E-state index in [0.717, 1.165) is 4.88 Å². The lowest BCUT2D eigenvalue weighted by molar-refractivity contribution is -0.0948. The summed E-state index contributed by atoms with van der Waals surface area (Å²) in [5, 5.41) is 31.3. The van der Waals surface area contributed by atoms with Crippen LogP contribution in [0.25, 0.3) is 21.5 Å². The molecule has 0 spiro atoms. The molecule has 4 atom stereocenters. The Balaban J connectivity index is 1.87. The maximum atomic E-state index is 12.3. The molecule has 0 radical (unpaired) electrons. The van der Waals surface area contributed by atoms with E-state index in [2.05, 4.69) is 9.97 Å². The lowest BCUT2D eigenvalue weighted by Crippen LogP contribution is -2.44. The van der Waals surface area contributed by atoms with E-state index in [-0.39, 0.29) is 11.7 Å². The Hall–Kier alpha value is -2.57. The number of hydrogen-bond donors (Lipinski definition) is 4. The third-order valence-electron chi connectivity index (χ3n) is 5.31. The van der Waals surface area contributed by atoms with Gasteiger partial charge in [-0.25, -0.2) is 9.97 Å². The second kappa shape index (κ2) is 7.29. The number of anilines is 1. The normalized spacial score (nSPS) is 26.4. The van der Waals surface area contributed by atoms with E-state index in [4.69, 9.17) is 10.5 Å². The molecule has 1 aliphatic rings. The zero-order valence-electron chi connectivity index (χ0n) is 16.7. The number of ether oxygens (including phenoxy) is 1. The van der Waals surface area contributed by atoms with Crippen LogP contribution in [-0.2, 0) is 4.74 Å². The highest BCUT2D eigenvalue weighted by Crippen LogP contribution is 2.43. The SMILES string of the molecule is CN(C)C(=O)c1ccc(-c2cn([C@@H]3OC(CO)C(O)[C@@]3(C)O)c3ncnc(N)c23)s1. The summed E-state index contributed by atoms with van der Waals surface area (Å²) >= 11 is 1.30. The zero-order chi connectivity index (χ0) is 21.8. The number of carbonyl (C=O) groups is 1. The van der Waals surface area contributed by atoms with Crippen LogP contribution in [0.15, 0.2) is 24.7 Å². The minimum Gasteiger partial charge on any atom is -0.394 e. The summed E-state index contributed by atoms with van der Waals surface area (Å²) in [7, 11) is 3.36. The van der Waals surface area contributed by atoms with Crippen LogP contribution in [0.1, 0.15) is 22.8 Å². The topological polar surface area (TPSA) is 147 Å². The van der Waals surface area contributed by atoms with Crippen molar-refractivity contribution in [2.45, 2.75) is 31.0 Å². The number of fused-ring (bicyclic) bond motifs is 1. The van der Waals surface area contributed by atoms with Crippen LogP contribution in [0.5, 0.6) is 0 Å². The number of aromatic nitrogens is 3. The largest absolute Gasteiger partial charge is 0.394 e. The summed E-state index contributed by atoms with van der Waals surface area (Å²) in [5.74, 6) is 0.120. The predicted octanol–water partition coefficient (Wildman–Crippen LogP) is 0.445. The van der Waals surface area contributed by atoms with E-state index in [1.165, 1.54) is 29.5 Å². The van der Waals surface area contributed by atoms with Crippen LogP contribution < -0.4 is 5.73 Å². The van der Waals surface area contributed by atoms with Gasteiger partial charge in [0.2, 0.25) is 0 Å². The summed E-state index contributed by atoms with van der Waals surface area (Å²) < 4.78 is 7.33. The van der Waals surface area contributed by atoms with Gasteiger partial charge in [0.25, 0.3) is 5.91 Å². The van der Waals surface area contributed by atoms with Crippen molar-refractivity contribution < 1.29 is 24.9 Å². The van der Waals surface area contributed by atoms with Crippen LogP contribution in [0.4, 0.5) is 5.82 Å². The van der Waals surface area contributed by atoms with Gasteiger partial charge < -0.3 is 35.3 Å². The number of aliphatic hydroxyl groups is 3. The molecule has 2 unspecified atom stereocenters. The number of thiophene rings is 1. The monoisotopic (exact) mass is 433 g/mol. The van der Waals surface area contributed by atoms with Gasteiger partial charge >= 0.3 is 0 Å². The van der Waals surface area contributed by atoms with Crippen molar-refractivity contribution in [3.05, 3.63) is 29.5 Å². The van der Waals surface area contributed by atoms with Gasteiger partial charge in [0.1, 0.15) is 35.6 Å². The summed E-state index contributed by atoms with van der Waals surface area (Å²) in [5.41, 5.74) is 5.54. The number of amides is 1. The molecule has 0 aliphatic carbocycles. The van der Waals surface area contributed by atoms with Gasteiger partial charge in [-0.05, 0) is 19.1 Å². The highest BCUT2D eigenvalue weighted by molar-refractivity contribution is 7.17. The van der Waals surface area contributed by atoms with Gasteiger partial charge in [0.05, 0.1) is 16.9 Å². The molecule has 3 aromatic heterocycles. The summed E-state index contributed by atoms with van der Waals surface area (Å²) in [6.07, 6.45) is -0.249. The molecule has 4 rings (SSSR count). The van der Waals surface area contributed by atoms with E-state index in [1.807, 2.05) is 6.07 Å². The summed E-state index contributed by atoms with van der Waals surface area (Å²) in [6, 6.07) is 3.55. The molecule has 1 amide bonds. The van der Waals surface area contributed by atoms with Gasteiger partial charge in [-0.1, -0.05) is 0 Å². The van der Waals surface area contributed by atoms with Crippen molar-refractivity contribution in [2.24, 2.45) is 0 Å². The molecule has 0 saturated carbocycles. The minimum atomic E-state index is -1.68. The maximum absolute atomic E-state index is 12.3. The van der Waals surface area contributed by atoms with E-state index < -0.39 is 30.6 Å². The summed E-state index contributed by atoms with van der Waals surface area (Å²) in [4.78, 5) is 23.5. The van der Waals surface area contributed by atoms with Gasteiger partial charge in [-0.3, -0.25) is 4.79 Å². The number of hydrogen-bond acceptors (Lipinski definition) is 9. The lowest BCUT2D eigenvalue weighted by atomic mass is 9.96. The Bertz CT molecular complexity index is 1110. The summed E-state index contributed by atoms with van der Waals surface area (Å²) in [6.45, 7) is 0.991. The van der Waals surface area contributed by atoms with Gasteiger partial charge in [-0.2, -0.15) is 0 Å². The number of rotatable bonds is 4. The van der Waals surface area contributed by atoms with E-state index >= 15 is 0 Å². The average Bonchev–Trinajstić information content (AvgIpc) is 3.38. The van der Waals surface area contributed by atoms with Crippen LogP contribution in [0, 0.1) is 0 Å². The predicted molar refractivity (Wildman–Crippen MR) is 111 cm³/mol. The Morgan fingerprint density at radius 1 is 1.40 bits per heavy atom. The highest BCUT2D eigenvalue weighted by Gasteiger charge is 2.53. The third kappa shape index (κ3) is 3.06. The van der Waals surface area contributed by atoms with Crippen molar-refractivity contribution >= 4 is 34.1 Å². The molecule has 1 fully saturated rings. The van der Waals surface area contributed by atoms with Crippen molar-refractivity contribution in [2.75, 3.05) is 26.4 Å². The first-order chi connectivity index (χ1) is 14.2. The van der Waals surface area contributed by atoms with E-state index in [1.54, 1.807) is 30.9 Å². The van der Waals surface area contributed by atoms with Crippen molar-refractivity contribution in [3.8, 4) is 10.4 Å². The van der Waals surface area contributed by atoms with Gasteiger partial charge in [0.15, 0.2) is 6.23 Å². The molecule has 30 heavy (non-hydrogen) atoms. The molecule has 0 aromatic carbocycles. The van der Waals surface area contributed by atoms with Crippen LogP contribution in [0.3, 0.4) is 0 Å². The van der Waals surface area contributed by atoms with Crippen molar-refractivity contribution in [1.82, 2.24) is 19.4 Å². The van der Waals surface area contributed by atoms with Crippen molar-refractivity contribution in [3.63, 3.8) is 0 Å². The van der Waals surface area contributed by atoms with Gasteiger partial charge in [0, 0.05) is 30.7 Å². The molecule has 10 nitrogen and oxygen atoms in total. The fourth-order valence-corrected chi connectivity index (χ4v) is 4.73. The smallest absolute Gasteiger partial charge is 0.263 e. The van der Waals surface area contributed by atoms with E-state index in [0.29, 0.717) is 21.5 Å². The molecule has 11 heteroatoms. The second-order valence-electron chi connectivity index (χ2n) is 7.65. The minimum absolute atomic E-state index is 0.116. The second-order valence-corrected chi connectivity index (χ2v) is 8.73. The fraction of sp³-hybridized carbons (Fsp3) is 0.421. The van der Waals surface area contributed by atoms with Crippen LogP contribution in [0.2, 0.25) is 0 Å². The van der Waals surface area contributed by atoms with Crippen LogP contribution in [-0.4, -0.2) is 79.2 Å². The Morgan fingerprint density at radius 3 is 2.77 bits per heavy atom. The van der Waals surface area contributed by atoms with Gasteiger partial charge in [-0.15, -0.1) is 11.3 Å². The molecule has 4 heterocycles. The van der Waals surface area contributed by atoms with E-state index in [9.17, 15) is 20.1 Å². The Morgan fingerprint density at radius 2 is 2.13 bits per heavy atom. The van der Waals surface area contributed by atoms with Crippen LogP contribution >= 0.6 is 11.3 Å². The number of carbonyl (C=O) groups excluding carboxylic acids is 1. The first-order valence-corrected chi connectivity index (χ1v) is 10.1. The molecule has 3 aromatic rings. The maximum Gasteiger partial charge on any atom is 0.263 e. The zero-order valence-corrected chi connectivity index (χ0v) is 17.5. The molecule has 160 valence electrons. The standard InChI is InChI=1S/C19H23N5O5S/c1-19(28)14(26)10(7-25)29-18(19)24-6-9(13-15(20)21-8-22-16(13)24)11-4-5-12(30-11)17(27)23(2)3/h4-6,8,10,14,18,25-26,28H,7H2,1-3H3,(H2,20,21,22)/t10?,14?,18-,19-/m1/s1. The third-order valence-corrected chi connectivity index (χ3v) is 6.42. The molecular formula is C19H23N5O5S. The quantitative estimate of drug-likeness (QED) is 0.464. The fourth-order valence-electron chi connectivity index (χ4n) is 3.68. The number of nitrogens with two attached hydrogens (primary N) is 1. The number of nitrogen functional groups attached to an aromatic ring is 1. The lowest BCUT2D eigenvalue weighted by Gasteiger charge is -2.27. The molecule has 0 bridgehead atoms.